The monoisotopic (exact) mass is 335 g/mol. The van der Waals surface area contributed by atoms with Crippen LogP contribution in [0.2, 0.25) is 0 Å². The number of aromatic nitrogens is 1. The second-order valence-electron chi connectivity index (χ2n) is 5.15. The minimum absolute atomic E-state index is 0.00204. The number of anilines is 1. The van der Waals surface area contributed by atoms with E-state index in [1.807, 2.05) is 0 Å². The minimum atomic E-state index is -0.607. The predicted octanol–water partition coefficient (Wildman–Crippen LogP) is 3.60. The van der Waals surface area contributed by atoms with E-state index in [2.05, 4.69) is 4.98 Å². The van der Waals surface area contributed by atoms with Gasteiger partial charge in [-0.25, -0.2) is 4.98 Å². The lowest BCUT2D eigenvalue weighted by atomic mass is 10.0. The topological polar surface area (TPSA) is 108 Å². The molecule has 0 unspecified atom stereocenters. The molecule has 3 rings (SSSR count). The van der Waals surface area contributed by atoms with Crippen LogP contribution in [-0.4, -0.2) is 15.7 Å². The lowest BCUT2D eigenvalue weighted by Gasteiger charge is -2.08. The van der Waals surface area contributed by atoms with Crippen molar-refractivity contribution in [2.45, 2.75) is 0 Å². The lowest BCUT2D eigenvalue weighted by Crippen LogP contribution is -2.05. The lowest BCUT2D eigenvalue weighted by molar-refractivity contribution is -0.385. The van der Waals surface area contributed by atoms with E-state index in [0.717, 1.165) is 0 Å². The van der Waals surface area contributed by atoms with Crippen LogP contribution in [0.1, 0.15) is 15.9 Å². The molecule has 124 valence electrons. The maximum Gasteiger partial charge on any atom is 0.284 e. The Kier molecular flexibility index (Phi) is 4.38. The molecule has 1 heterocycles. The van der Waals surface area contributed by atoms with Gasteiger partial charge in [0.15, 0.2) is 5.78 Å². The van der Waals surface area contributed by atoms with Crippen molar-refractivity contribution in [3.63, 3.8) is 0 Å². The van der Waals surface area contributed by atoms with Crippen molar-refractivity contribution in [2.24, 2.45) is 0 Å². The summed E-state index contributed by atoms with van der Waals surface area (Å²) >= 11 is 0. The molecule has 25 heavy (non-hydrogen) atoms. The average molecular weight is 335 g/mol. The smallest absolute Gasteiger partial charge is 0.284 e. The van der Waals surface area contributed by atoms with Gasteiger partial charge in [0.05, 0.1) is 11.0 Å². The zero-order chi connectivity index (χ0) is 17.8. The van der Waals surface area contributed by atoms with Crippen molar-refractivity contribution in [3.05, 3.63) is 88.1 Å². The molecule has 0 aliphatic heterocycles. The Morgan fingerprint density at radius 1 is 1.04 bits per heavy atom. The van der Waals surface area contributed by atoms with E-state index in [1.165, 1.54) is 30.5 Å². The number of benzene rings is 2. The van der Waals surface area contributed by atoms with Crippen LogP contribution < -0.4 is 10.5 Å². The summed E-state index contributed by atoms with van der Waals surface area (Å²) in [5.41, 5.74) is 5.62. The molecule has 2 aromatic carbocycles. The van der Waals surface area contributed by atoms with Crippen molar-refractivity contribution < 1.29 is 14.5 Å². The highest BCUT2D eigenvalue weighted by Gasteiger charge is 2.22. The first-order valence-electron chi connectivity index (χ1n) is 7.32. The molecule has 7 nitrogen and oxygen atoms in total. The number of rotatable bonds is 5. The first kappa shape index (κ1) is 16.1. The molecule has 3 aromatic rings. The van der Waals surface area contributed by atoms with Crippen LogP contribution in [0.15, 0.2) is 66.9 Å². The van der Waals surface area contributed by atoms with Gasteiger partial charge in [0.1, 0.15) is 22.9 Å². The van der Waals surface area contributed by atoms with E-state index < -0.39 is 10.7 Å². The van der Waals surface area contributed by atoms with E-state index in [1.54, 1.807) is 36.4 Å². The summed E-state index contributed by atoms with van der Waals surface area (Å²) in [4.78, 5) is 27.1. The number of carbonyl (C=O) groups is 1. The van der Waals surface area contributed by atoms with E-state index in [9.17, 15) is 14.9 Å². The molecule has 1 aromatic heterocycles. The second kappa shape index (κ2) is 6.79. The SMILES string of the molecule is Nc1cc(Oc2ccc(C(=O)c3ccccc3)c([N+](=O)[O-])c2)ccn1. The Morgan fingerprint density at radius 3 is 2.44 bits per heavy atom. The zero-order valence-corrected chi connectivity index (χ0v) is 13.0. The third kappa shape index (κ3) is 3.61. The molecule has 7 heteroatoms. The third-order valence-corrected chi connectivity index (χ3v) is 3.43. The third-order valence-electron chi connectivity index (χ3n) is 3.43. The van der Waals surface area contributed by atoms with Crippen LogP contribution in [0.4, 0.5) is 11.5 Å². The highest BCUT2D eigenvalue weighted by molar-refractivity contribution is 6.11. The summed E-state index contributed by atoms with van der Waals surface area (Å²) in [6.45, 7) is 0. The summed E-state index contributed by atoms with van der Waals surface area (Å²) in [6, 6.07) is 15.5. The molecule has 2 N–H and O–H groups in total. The predicted molar refractivity (Wildman–Crippen MR) is 91.7 cm³/mol. The molecule has 0 amide bonds. The molecule has 0 aliphatic carbocycles. The van der Waals surface area contributed by atoms with Gasteiger partial charge >= 0.3 is 0 Å². The Morgan fingerprint density at radius 2 is 1.76 bits per heavy atom. The number of carbonyl (C=O) groups excluding carboxylic acids is 1. The van der Waals surface area contributed by atoms with Gasteiger partial charge in [-0.3, -0.25) is 14.9 Å². The maximum atomic E-state index is 12.5. The largest absolute Gasteiger partial charge is 0.457 e. The molecular weight excluding hydrogens is 322 g/mol. The summed E-state index contributed by atoms with van der Waals surface area (Å²) in [5, 5.41) is 11.4. The van der Waals surface area contributed by atoms with Gasteiger partial charge in [-0.05, 0) is 18.2 Å². The highest BCUT2D eigenvalue weighted by Crippen LogP contribution is 2.30. The molecule has 0 spiro atoms. The summed E-state index contributed by atoms with van der Waals surface area (Å²) in [7, 11) is 0. The van der Waals surface area contributed by atoms with Crippen molar-refractivity contribution in [1.29, 1.82) is 0 Å². The van der Waals surface area contributed by atoms with Gasteiger partial charge in [0.25, 0.3) is 5.69 Å². The summed E-state index contributed by atoms with van der Waals surface area (Å²) in [6.07, 6.45) is 1.46. The zero-order valence-electron chi connectivity index (χ0n) is 13.0. The summed E-state index contributed by atoms with van der Waals surface area (Å²) in [5.74, 6) is 0.459. The number of nitrogens with two attached hydrogens (primary N) is 1. The van der Waals surface area contributed by atoms with Gasteiger partial charge in [0, 0.05) is 17.8 Å². The Bertz CT molecular complexity index is 942. The first-order valence-corrected chi connectivity index (χ1v) is 7.32. The standard InChI is InChI=1S/C18H13N3O4/c19-17-11-14(8-9-20-17)25-13-6-7-15(16(10-13)21(23)24)18(22)12-4-2-1-3-5-12/h1-11H,(H2,19,20). The van der Waals surface area contributed by atoms with E-state index in [-0.39, 0.29) is 22.8 Å². The fraction of sp³-hybridized carbons (Fsp3) is 0. The molecule has 0 fully saturated rings. The summed E-state index contributed by atoms with van der Waals surface area (Å²) < 4.78 is 5.55. The molecule has 0 saturated heterocycles. The molecule has 0 aliphatic rings. The van der Waals surface area contributed by atoms with Gasteiger partial charge in [-0.1, -0.05) is 30.3 Å². The molecule has 0 bridgehead atoms. The first-order chi connectivity index (χ1) is 12.0. The highest BCUT2D eigenvalue weighted by atomic mass is 16.6. The number of nitro benzene ring substituents is 1. The number of hydrogen-bond acceptors (Lipinski definition) is 6. The fourth-order valence-electron chi connectivity index (χ4n) is 2.29. The fourth-order valence-corrected chi connectivity index (χ4v) is 2.29. The normalized spacial score (nSPS) is 10.2. The van der Waals surface area contributed by atoms with Crippen LogP contribution in [0, 0.1) is 10.1 Å². The van der Waals surface area contributed by atoms with Crippen molar-refractivity contribution in [3.8, 4) is 11.5 Å². The Hall–Kier alpha value is -3.74. The quantitative estimate of drug-likeness (QED) is 0.433. The molecule has 0 radical (unpaired) electrons. The molecule has 0 atom stereocenters. The van der Waals surface area contributed by atoms with E-state index in [4.69, 9.17) is 10.5 Å². The van der Waals surface area contributed by atoms with Crippen LogP contribution in [0.3, 0.4) is 0 Å². The van der Waals surface area contributed by atoms with Crippen LogP contribution in [0.25, 0.3) is 0 Å². The second-order valence-corrected chi connectivity index (χ2v) is 5.15. The number of ketones is 1. The van der Waals surface area contributed by atoms with Crippen LogP contribution in [-0.2, 0) is 0 Å². The number of nitrogen functional groups attached to an aromatic ring is 1. The van der Waals surface area contributed by atoms with Crippen molar-refractivity contribution in [2.75, 3.05) is 5.73 Å². The minimum Gasteiger partial charge on any atom is -0.457 e. The van der Waals surface area contributed by atoms with Gasteiger partial charge in [-0.15, -0.1) is 0 Å². The van der Waals surface area contributed by atoms with Gasteiger partial charge in [0.2, 0.25) is 0 Å². The number of hydrogen-bond donors (Lipinski definition) is 1. The van der Waals surface area contributed by atoms with Gasteiger partial charge in [-0.2, -0.15) is 0 Å². The number of nitrogens with zero attached hydrogens (tertiary/aromatic N) is 2. The number of nitro groups is 1. The Balaban J connectivity index is 1.96. The van der Waals surface area contributed by atoms with Gasteiger partial charge < -0.3 is 10.5 Å². The van der Waals surface area contributed by atoms with E-state index >= 15 is 0 Å². The maximum absolute atomic E-state index is 12.5. The van der Waals surface area contributed by atoms with Crippen LogP contribution >= 0.6 is 0 Å². The van der Waals surface area contributed by atoms with E-state index in [0.29, 0.717) is 11.3 Å². The van der Waals surface area contributed by atoms with Crippen molar-refractivity contribution in [1.82, 2.24) is 4.98 Å². The van der Waals surface area contributed by atoms with Crippen LogP contribution in [0.5, 0.6) is 11.5 Å². The Labute approximate surface area is 142 Å². The molecular formula is C18H13N3O4. The number of pyridine rings is 1. The average Bonchev–Trinajstić information content (AvgIpc) is 2.62. The number of ether oxygens (including phenoxy) is 1. The molecule has 0 saturated carbocycles. The van der Waals surface area contributed by atoms with Crippen molar-refractivity contribution >= 4 is 17.3 Å².